The van der Waals surface area contributed by atoms with Gasteiger partial charge in [0.25, 0.3) is 0 Å². The first-order valence-electron chi connectivity index (χ1n) is 13.5. The van der Waals surface area contributed by atoms with Gasteiger partial charge >= 0.3 is 5.97 Å². The zero-order valence-electron chi connectivity index (χ0n) is 21.2. The minimum absolute atomic E-state index is 0.00994. The maximum atomic E-state index is 14.9. The summed E-state index contributed by atoms with van der Waals surface area (Å²) < 4.78 is 63.8. The monoisotopic (exact) mass is 504 g/mol. The summed E-state index contributed by atoms with van der Waals surface area (Å²) in [7, 11) is 0. The van der Waals surface area contributed by atoms with Crippen LogP contribution in [0.5, 0.6) is 5.75 Å². The van der Waals surface area contributed by atoms with E-state index in [4.69, 9.17) is 4.74 Å². The highest BCUT2D eigenvalue weighted by atomic mass is 19.2. The van der Waals surface area contributed by atoms with Crippen molar-refractivity contribution in [2.75, 3.05) is 0 Å². The highest BCUT2D eigenvalue weighted by molar-refractivity contribution is 5.75. The molecule has 2 aliphatic rings. The molecule has 6 heteroatoms. The lowest BCUT2D eigenvalue weighted by Gasteiger charge is -2.29. The number of ether oxygens (including phenoxy) is 1. The normalized spacial score (nSPS) is 24.5. The Bertz CT molecular complexity index is 1070. The summed E-state index contributed by atoms with van der Waals surface area (Å²) in [6.07, 6.45) is 8.31. The molecule has 2 fully saturated rings. The van der Waals surface area contributed by atoms with Crippen LogP contribution in [0.15, 0.2) is 24.3 Å². The molecule has 0 atom stereocenters. The smallest absolute Gasteiger partial charge is 0.314 e. The highest BCUT2D eigenvalue weighted by Crippen LogP contribution is 2.41. The first-order chi connectivity index (χ1) is 17.3. The summed E-state index contributed by atoms with van der Waals surface area (Å²) in [5, 5.41) is 0. The Morgan fingerprint density at radius 3 is 1.89 bits per heavy atom. The molecule has 2 aliphatic carbocycles. The number of aryl methyl sites for hydroxylation is 1. The van der Waals surface area contributed by atoms with Gasteiger partial charge in [-0.3, -0.25) is 4.79 Å². The second-order valence-electron chi connectivity index (χ2n) is 10.6. The maximum Gasteiger partial charge on any atom is 0.314 e. The number of halogens is 4. The van der Waals surface area contributed by atoms with E-state index in [1.165, 1.54) is 12.5 Å². The number of benzene rings is 2. The van der Waals surface area contributed by atoms with Crippen molar-refractivity contribution in [1.29, 1.82) is 0 Å². The Balaban J connectivity index is 1.35. The van der Waals surface area contributed by atoms with Gasteiger partial charge in [0, 0.05) is 0 Å². The van der Waals surface area contributed by atoms with E-state index in [0.717, 1.165) is 32.1 Å². The number of carbonyl (C=O) groups excluding carboxylic acids is 1. The van der Waals surface area contributed by atoms with Gasteiger partial charge in [0.1, 0.15) is 0 Å². The van der Waals surface area contributed by atoms with E-state index in [0.29, 0.717) is 54.7 Å². The van der Waals surface area contributed by atoms with Crippen LogP contribution in [0.1, 0.15) is 107 Å². The lowest BCUT2D eigenvalue weighted by molar-refractivity contribution is -0.140. The third-order valence-electron chi connectivity index (χ3n) is 8.34. The number of hydrogen-bond donors (Lipinski definition) is 0. The minimum Gasteiger partial charge on any atom is -0.423 e. The molecule has 0 bridgehead atoms. The van der Waals surface area contributed by atoms with Crippen LogP contribution in [0.2, 0.25) is 0 Å². The Morgan fingerprint density at radius 2 is 1.31 bits per heavy atom. The van der Waals surface area contributed by atoms with Crippen LogP contribution >= 0.6 is 0 Å². The molecule has 2 aromatic carbocycles. The standard InChI is InChI=1S/C30H36F4O2/c1-3-5-18-6-8-20(9-7-18)24-16-17-25(29(34)28(24)33)36-30(35)22-12-10-21(11-13-22)23-15-14-19(4-2)26(31)27(23)32/h14-18,20-22H,3-13H2,1-2H3. The predicted molar refractivity (Wildman–Crippen MR) is 132 cm³/mol. The van der Waals surface area contributed by atoms with Crippen LogP contribution in [0, 0.1) is 35.1 Å². The quantitative estimate of drug-likeness (QED) is 0.214. The van der Waals surface area contributed by atoms with E-state index >= 15 is 0 Å². The highest BCUT2D eigenvalue weighted by Gasteiger charge is 2.32. The van der Waals surface area contributed by atoms with Gasteiger partial charge in [-0.2, -0.15) is 4.39 Å². The van der Waals surface area contributed by atoms with Crippen molar-refractivity contribution in [3.63, 3.8) is 0 Å². The second-order valence-corrected chi connectivity index (χ2v) is 10.6. The largest absolute Gasteiger partial charge is 0.423 e. The van der Waals surface area contributed by atoms with E-state index in [2.05, 4.69) is 6.92 Å². The average Bonchev–Trinajstić information content (AvgIpc) is 2.89. The molecule has 2 aromatic rings. The molecular formula is C30H36F4O2. The van der Waals surface area contributed by atoms with Gasteiger partial charge < -0.3 is 4.74 Å². The van der Waals surface area contributed by atoms with E-state index < -0.39 is 35.2 Å². The molecule has 36 heavy (non-hydrogen) atoms. The molecule has 2 saturated carbocycles. The van der Waals surface area contributed by atoms with Crippen molar-refractivity contribution in [2.45, 2.75) is 96.3 Å². The van der Waals surface area contributed by atoms with Crippen LogP contribution in [0.4, 0.5) is 17.6 Å². The predicted octanol–water partition coefficient (Wildman–Crippen LogP) is 8.76. The Hall–Kier alpha value is -2.37. The first kappa shape index (κ1) is 26.7. The summed E-state index contributed by atoms with van der Waals surface area (Å²) in [6.45, 7) is 3.94. The lowest BCUT2D eigenvalue weighted by Crippen LogP contribution is -2.26. The molecule has 0 unspecified atom stereocenters. The van der Waals surface area contributed by atoms with Gasteiger partial charge in [0.05, 0.1) is 5.92 Å². The fourth-order valence-corrected chi connectivity index (χ4v) is 6.14. The number of hydrogen-bond acceptors (Lipinski definition) is 2. The summed E-state index contributed by atoms with van der Waals surface area (Å²) >= 11 is 0. The fourth-order valence-electron chi connectivity index (χ4n) is 6.14. The molecule has 0 radical (unpaired) electrons. The number of rotatable bonds is 7. The zero-order chi connectivity index (χ0) is 25.8. The minimum atomic E-state index is -1.11. The third-order valence-corrected chi connectivity index (χ3v) is 8.34. The number of esters is 1. The van der Waals surface area contributed by atoms with E-state index in [1.54, 1.807) is 25.1 Å². The average molecular weight is 505 g/mol. The molecule has 0 spiro atoms. The van der Waals surface area contributed by atoms with Crippen LogP contribution in [0.3, 0.4) is 0 Å². The van der Waals surface area contributed by atoms with Gasteiger partial charge in [-0.05, 0) is 98.3 Å². The molecule has 0 saturated heterocycles. The Kier molecular flexibility index (Phi) is 8.74. The van der Waals surface area contributed by atoms with Crippen molar-refractivity contribution < 1.29 is 27.1 Å². The molecule has 2 nitrogen and oxygen atoms in total. The van der Waals surface area contributed by atoms with E-state index in [-0.39, 0.29) is 17.6 Å². The first-order valence-corrected chi connectivity index (χ1v) is 13.5. The van der Waals surface area contributed by atoms with Crippen LogP contribution in [-0.2, 0) is 11.2 Å². The van der Waals surface area contributed by atoms with Gasteiger partial charge in [0.2, 0.25) is 5.82 Å². The molecule has 0 heterocycles. The van der Waals surface area contributed by atoms with Crippen molar-refractivity contribution in [1.82, 2.24) is 0 Å². The molecule has 0 N–H and O–H groups in total. The van der Waals surface area contributed by atoms with Crippen molar-refractivity contribution in [2.24, 2.45) is 11.8 Å². The maximum absolute atomic E-state index is 14.9. The van der Waals surface area contributed by atoms with Crippen LogP contribution < -0.4 is 4.74 Å². The van der Waals surface area contributed by atoms with Crippen LogP contribution in [-0.4, -0.2) is 5.97 Å². The lowest BCUT2D eigenvalue weighted by atomic mass is 9.77. The molecule has 0 amide bonds. The van der Waals surface area contributed by atoms with Gasteiger partial charge in [-0.25, -0.2) is 13.2 Å². The molecule has 196 valence electrons. The Morgan fingerprint density at radius 1 is 0.750 bits per heavy atom. The van der Waals surface area contributed by atoms with Gasteiger partial charge in [-0.1, -0.05) is 44.9 Å². The van der Waals surface area contributed by atoms with E-state index in [9.17, 15) is 22.4 Å². The number of carbonyl (C=O) groups is 1. The summed E-state index contributed by atoms with van der Waals surface area (Å²) in [5.74, 6) is -4.64. The SMILES string of the molecule is CCCC1CCC(c2ccc(OC(=O)C3CCC(c4ccc(CC)c(F)c4F)CC3)c(F)c2F)CC1. The van der Waals surface area contributed by atoms with Crippen LogP contribution in [0.25, 0.3) is 0 Å². The van der Waals surface area contributed by atoms with Crippen molar-refractivity contribution in [3.8, 4) is 5.75 Å². The molecule has 4 rings (SSSR count). The van der Waals surface area contributed by atoms with Gasteiger partial charge in [0.15, 0.2) is 23.2 Å². The van der Waals surface area contributed by atoms with Crippen molar-refractivity contribution in [3.05, 3.63) is 64.2 Å². The summed E-state index contributed by atoms with van der Waals surface area (Å²) in [6, 6.07) is 6.17. The molecular weight excluding hydrogens is 468 g/mol. The molecule has 0 aliphatic heterocycles. The third kappa shape index (κ3) is 5.63. The molecule has 0 aromatic heterocycles. The fraction of sp³-hybridized carbons (Fsp3) is 0.567. The summed E-state index contributed by atoms with van der Waals surface area (Å²) in [5.41, 5.74) is 1.05. The summed E-state index contributed by atoms with van der Waals surface area (Å²) in [4.78, 5) is 12.7. The zero-order valence-corrected chi connectivity index (χ0v) is 21.2. The Labute approximate surface area is 211 Å². The van der Waals surface area contributed by atoms with E-state index in [1.807, 2.05) is 0 Å². The second kappa shape index (κ2) is 11.8. The van der Waals surface area contributed by atoms with Crippen molar-refractivity contribution >= 4 is 5.97 Å². The van der Waals surface area contributed by atoms with Gasteiger partial charge in [-0.15, -0.1) is 0 Å². The topological polar surface area (TPSA) is 26.3 Å².